The third kappa shape index (κ3) is 5.40. The number of aliphatic imine (C=N–C) groups is 1. The van der Waals surface area contributed by atoms with Crippen molar-refractivity contribution in [1.29, 1.82) is 0 Å². The van der Waals surface area contributed by atoms with E-state index in [0.29, 0.717) is 25.9 Å². The Morgan fingerprint density at radius 3 is 2.61 bits per heavy atom. The number of amides is 1. The van der Waals surface area contributed by atoms with Crippen LogP contribution >= 0.6 is 23.9 Å². The van der Waals surface area contributed by atoms with Gasteiger partial charge in [0.25, 0.3) is 5.91 Å². The minimum absolute atomic E-state index is 0.224. The SMILES string of the molecule is Cc1cc(SN)ccc1CCSN1CCC2(CC1)N=C(c1cccc(C(F)(F)F)c1)NC2=O. The van der Waals surface area contributed by atoms with Crippen molar-refractivity contribution in [3.05, 3.63) is 64.7 Å². The Balaban J connectivity index is 1.35. The van der Waals surface area contributed by atoms with Crippen molar-refractivity contribution in [1.82, 2.24) is 9.62 Å². The normalized spacial score (nSPS) is 18.5. The quantitative estimate of drug-likeness (QED) is 0.576. The van der Waals surface area contributed by atoms with E-state index in [0.717, 1.165) is 29.2 Å². The molecule has 2 aliphatic rings. The molecule has 1 amide bonds. The number of alkyl halides is 3. The maximum absolute atomic E-state index is 13.0. The molecule has 2 aliphatic heterocycles. The largest absolute Gasteiger partial charge is 0.416 e. The fourth-order valence-electron chi connectivity index (χ4n) is 4.13. The summed E-state index contributed by atoms with van der Waals surface area (Å²) in [6, 6.07) is 11.2. The second-order valence-electron chi connectivity index (χ2n) is 8.24. The minimum Gasteiger partial charge on any atom is -0.308 e. The summed E-state index contributed by atoms with van der Waals surface area (Å²) in [7, 11) is 0. The van der Waals surface area contributed by atoms with Gasteiger partial charge in [-0.05, 0) is 73.5 Å². The third-order valence-corrected chi connectivity index (χ3v) is 7.73. The van der Waals surface area contributed by atoms with Crippen LogP contribution in [0.1, 0.15) is 35.1 Å². The summed E-state index contributed by atoms with van der Waals surface area (Å²) in [5.74, 6) is 0.920. The lowest BCUT2D eigenvalue weighted by Crippen LogP contribution is -2.47. The summed E-state index contributed by atoms with van der Waals surface area (Å²) in [5.41, 5.74) is 1.14. The number of carbonyl (C=O) groups is 1. The zero-order chi connectivity index (χ0) is 23.6. The van der Waals surface area contributed by atoms with Crippen molar-refractivity contribution >= 4 is 35.6 Å². The highest BCUT2D eigenvalue weighted by Gasteiger charge is 2.46. The number of carbonyl (C=O) groups excluding carboxylic acids is 1. The highest BCUT2D eigenvalue weighted by atomic mass is 32.2. The van der Waals surface area contributed by atoms with Crippen molar-refractivity contribution in [2.24, 2.45) is 10.1 Å². The van der Waals surface area contributed by atoms with Crippen LogP contribution in [0.3, 0.4) is 0 Å². The maximum atomic E-state index is 13.0. The lowest BCUT2D eigenvalue weighted by atomic mass is 9.89. The summed E-state index contributed by atoms with van der Waals surface area (Å²) in [4.78, 5) is 18.4. The second kappa shape index (κ2) is 9.69. The van der Waals surface area contributed by atoms with Gasteiger partial charge in [-0.15, -0.1) is 0 Å². The molecule has 1 spiro atoms. The predicted octanol–water partition coefficient (Wildman–Crippen LogP) is 4.58. The summed E-state index contributed by atoms with van der Waals surface area (Å²) >= 11 is 3.00. The molecule has 0 unspecified atom stereocenters. The summed E-state index contributed by atoms with van der Waals surface area (Å²) < 4.78 is 41.4. The van der Waals surface area contributed by atoms with Crippen molar-refractivity contribution in [3.8, 4) is 0 Å². The highest BCUT2D eigenvalue weighted by Crippen LogP contribution is 2.35. The van der Waals surface area contributed by atoms with Crippen LogP contribution in [-0.2, 0) is 17.4 Å². The van der Waals surface area contributed by atoms with E-state index >= 15 is 0 Å². The zero-order valence-corrected chi connectivity index (χ0v) is 19.7. The molecule has 3 N–H and O–H groups in total. The van der Waals surface area contributed by atoms with E-state index in [4.69, 9.17) is 5.14 Å². The molecule has 0 atom stereocenters. The predicted molar refractivity (Wildman–Crippen MR) is 127 cm³/mol. The molecule has 33 heavy (non-hydrogen) atoms. The van der Waals surface area contributed by atoms with Gasteiger partial charge in [0.15, 0.2) is 0 Å². The Kier molecular flexibility index (Phi) is 7.09. The topological polar surface area (TPSA) is 70.7 Å². The summed E-state index contributed by atoms with van der Waals surface area (Å²) in [6.45, 7) is 3.47. The van der Waals surface area contributed by atoms with Gasteiger partial charge in [0.1, 0.15) is 11.4 Å². The van der Waals surface area contributed by atoms with E-state index < -0.39 is 17.3 Å². The Morgan fingerprint density at radius 2 is 1.94 bits per heavy atom. The van der Waals surface area contributed by atoms with Gasteiger partial charge in [0.2, 0.25) is 0 Å². The molecule has 5 nitrogen and oxygen atoms in total. The van der Waals surface area contributed by atoms with E-state index in [1.54, 1.807) is 18.0 Å². The average Bonchev–Trinajstić information content (AvgIpc) is 3.11. The maximum Gasteiger partial charge on any atom is 0.416 e. The molecule has 10 heteroatoms. The number of nitrogens with zero attached hydrogens (tertiary/aromatic N) is 2. The van der Waals surface area contributed by atoms with Gasteiger partial charge in [-0.3, -0.25) is 19.2 Å². The fraction of sp³-hybridized carbons (Fsp3) is 0.391. The van der Waals surface area contributed by atoms with Gasteiger partial charge in [-0.2, -0.15) is 13.2 Å². The fourth-order valence-corrected chi connectivity index (χ4v) is 5.53. The molecule has 1 saturated heterocycles. The average molecular weight is 495 g/mol. The van der Waals surface area contributed by atoms with E-state index in [-0.39, 0.29) is 17.3 Å². The highest BCUT2D eigenvalue weighted by molar-refractivity contribution is 7.97. The van der Waals surface area contributed by atoms with Gasteiger partial charge < -0.3 is 5.32 Å². The molecule has 176 valence electrons. The molecular weight excluding hydrogens is 469 g/mol. The van der Waals surface area contributed by atoms with Gasteiger partial charge in [0.05, 0.1) is 5.56 Å². The van der Waals surface area contributed by atoms with E-state index in [2.05, 4.69) is 33.7 Å². The van der Waals surface area contributed by atoms with Crippen molar-refractivity contribution in [2.45, 2.75) is 42.8 Å². The Hall–Kier alpha value is -2.01. The van der Waals surface area contributed by atoms with Crippen LogP contribution in [0.15, 0.2) is 52.4 Å². The lowest BCUT2D eigenvalue weighted by molar-refractivity contribution is -0.137. The van der Waals surface area contributed by atoms with Gasteiger partial charge in [0, 0.05) is 29.3 Å². The lowest BCUT2D eigenvalue weighted by Gasteiger charge is -2.34. The van der Waals surface area contributed by atoms with Crippen molar-refractivity contribution in [2.75, 3.05) is 18.8 Å². The molecule has 0 radical (unpaired) electrons. The zero-order valence-electron chi connectivity index (χ0n) is 18.1. The van der Waals surface area contributed by atoms with E-state index in [1.165, 1.54) is 29.1 Å². The number of halogens is 3. The van der Waals surface area contributed by atoms with Gasteiger partial charge >= 0.3 is 6.18 Å². The summed E-state index contributed by atoms with van der Waals surface area (Å²) in [5, 5.41) is 8.33. The molecule has 0 aliphatic carbocycles. The Morgan fingerprint density at radius 1 is 1.18 bits per heavy atom. The van der Waals surface area contributed by atoms with E-state index in [1.807, 2.05) is 6.07 Å². The molecule has 1 fully saturated rings. The Labute approximate surface area is 199 Å². The first kappa shape index (κ1) is 24.1. The van der Waals surface area contributed by atoms with Crippen LogP contribution in [0.25, 0.3) is 0 Å². The smallest absolute Gasteiger partial charge is 0.308 e. The second-order valence-corrected chi connectivity index (χ2v) is 10.1. The molecule has 0 bridgehead atoms. The van der Waals surface area contributed by atoms with Crippen LogP contribution in [0.4, 0.5) is 13.2 Å². The molecule has 0 aromatic heterocycles. The standard InChI is InChI=1S/C23H25F3N4OS2/c1-15-13-19(33-27)6-5-16(15)7-12-32-30-10-8-22(9-11-30)21(31)28-20(29-22)17-3-2-4-18(14-17)23(24,25)26/h2-6,13-14H,7-12,27H2,1H3,(H,28,29,31). The van der Waals surface area contributed by atoms with Crippen LogP contribution < -0.4 is 10.5 Å². The number of piperidine rings is 1. The summed E-state index contributed by atoms with van der Waals surface area (Å²) in [6.07, 6.45) is -2.43. The van der Waals surface area contributed by atoms with Crippen molar-refractivity contribution < 1.29 is 18.0 Å². The minimum atomic E-state index is -4.44. The molecular formula is C23H25F3N4OS2. The number of nitrogens with one attached hydrogen (secondary N) is 1. The van der Waals surface area contributed by atoms with Crippen LogP contribution in [0.5, 0.6) is 0 Å². The molecule has 4 rings (SSSR count). The third-order valence-electron chi connectivity index (χ3n) is 6.09. The number of nitrogens with two attached hydrogens (primary N) is 1. The first-order valence-electron chi connectivity index (χ1n) is 10.6. The van der Waals surface area contributed by atoms with E-state index in [9.17, 15) is 18.0 Å². The van der Waals surface area contributed by atoms with Crippen molar-refractivity contribution in [3.63, 3.8) is 0 Å². The Bertz CT molecular complexity index is 1070. The first-order valence-corrected chi connectivity index (χ1v) is 12.5. The van der Waals surface area contributed by atoms with Crippen LogP contribution in [-0.4, -0.2) is 40.4 Å². The number of aryl methyl sites for hydroxylation is 2. The first-order chi connectivity index (χ1) is 15.7. The molecule has 0 saturated carbocycles. The number of amidine groups is 1. The molecule has 2 heterocycles. The molecule has 2 aromatic carbocycles. The monoisotopic (exact) mass is 494 g/mol. The van der Waals surface area contributed by atoms with Gasteiger partial charge in [-0.1, -0.05) is 30.1 Å². The number of rotatable bonds is 6. The molecule has 2 aromatic rings. The number of hydrogen-bond donors (Lipinski definition) is 2. The van der Waals surface area contributed by atoms with Gasteiger partial charge in [-0.25, -0.2) is 0 Å². The number of benzene rings is 2. The van der Waals surface area contributed by atoms with Crippen LogP contribution in [0, 0.1) is 6.92 Å². The number of hydrogen-bond acceptors (Lipinski definition) is 6. The van der Waals surface area contributed by atoms with Crippen LogP contribution in [0.2, 0.25) is 0 Å².